The smallest absolute Gasteiger partial charge is 0.251 e. The Morgan fingerprint density at radius 3 is 2.62 bits per heavy atom. The van der Waals surface area contributed by atoms with Crippen molar-refractivity contribution in [3.63, 3.8) is 0 Å². The van der Waals surface area contributed by atoms with Gasteiger partial charge in [0.05, 0.1) is 10.7 Å². The Bertz CT molecular complexity index is 550. The summed E-state index contributed by atoms with van der Waals surface area (Å²) in [6, 6.07) is 4.79. The molecule has 0 bridgehead atoms. The fraction of sp³-hybridized carbons (Fsp3) is 0.467. The number of nitrogens with one attached hydrogen (secondary N) is 2. The number of halogens is 1. The van der Waals surface area contributed by atoms with Crippen molar-refractivity contribution in [2.24, 2.45) is 11.1 Å². The summed E-state index contributed by atoms with van der Waals surface area (Å²) in [6.45, 7) is 0.520. The molecule has 1 aliphatic carbocycles. The molecule has 1 aliphatic rings. The van der Waals surface area contributed by atoms with E-state index in [0.717, 1.165) is 19.3 Å². The van der Waals surface area contributed by atoms with Crippen LogP contribution < -0.4 is 16.4 Å². The molecule has 2 amide bonds. The number of rotatable bonds is 5. The maximum Gasteiger partial charge on any atom is 0.251 e. The Balaban J connectivity index is 2.08. The van der Waals surface area contributed by atoms with E-state index in [1.807, 2.05) is 0 Å². The normalized spacial score (nSPS) is 16.0. The fourth-order valence-electron chi connectivity index (χ4n) is 2.57. The van der Waals surface area contributed by atoms with Crippen molar-refractivity contribution in [3.8, 4) is 0 Å². The van der Waals surface area contributed by atoms with Crippen molar-refractivity contribution in [1.82, 2.24) is 5.32 Å². The van der Waals surface area contributed by atoms with Gasteiger partial charge in [-0.3, -0.25) is 9.59 Å². The summed E-state index contributed by atoms with van der Waals surface area (Å²) in [7, 11) is 1.55. The lowest BCUT2D eigenvalue weighted by Gasteiger charge is -2.40. The van der Waals surface area contributed by atoms with Gasteiger partial charge >= 0.3 is 0 Å². The van der Waals surface area contributed by atoms with Crippen LogP contribution in [0.2, 0.25) is 5.02 Å². The van der Waals surface area contributed by atoms with Gasteiger partial charge in [0.25, 0.3) is 5.91 Å². The van der Waals surface area contributed by atoms with Crippen LogP contribution in [0.25, 0.3) is 0 Å². The Morgan fingerprint density at radius 2 is 2.10 bits per heavy atom. The highest BCUT2D eigenvalue weighted by Crippen LogP contribution is 2.43. The Morgan fingerprint density at radius 1 is 1.38 bits per heavy atom. The molecule has 0 aromatic heterocycles. The molecular formula is C15H20ClN3O2. The van der Waals surface area contributed by atoms with Crippen LogP contribution in [0, 0.1) is 5.41 Å². The van der Waals surface area contributed by atoms with Crippen molar-refractivity contribution < 1.29 is 9.59 Å². The molecule has 1 saturated carbocycles. The lowest BCUT2D eigenvalue weighted by atomic mass is 9.66. The van der Waals surface area contributed by atoms with Crippen LogP contribution in [0.15, 0.2) is 18.2 Å². The van der Waals surface area contributed by atoms with Crippen LogP contribution in [0.5, 0.6) is 0 Å². The third-order valence-corrected chi connectivity index (χ3v) is 4.44. The molecule has 1 fully saturated rings. The van der Waals surface area contributed by atoms with Crippen LogP contribution in [0.4, 0.5) is 5.69 Å². The first kappa shape index (κ1) is 15.8. The van der Waals surface area contributed by atoms with Gasteiger partial charge in [0.15, 0.2) is 0 Å². The van der Waals surface area contributed by atoms with Gasteiger partial charge in [-0.2, -0.15) is 0 Å². The summed E-state index contributed by atoms with van der Waals surface area (Å²) in [6.07, 6.45) is 3.49. The van der Waals surface area contributed by atoms with Gasteiger partial charge in [-0.05, 0) is 43.0 Å². The van der Waals surface area contributed by atoms with E-state index in [1.54, 1.807) is 25.2 Å². The summed E-state index contributed by atoms with van der Waals surface area (Å²) in [4.78, 5) is 23.8. The first-order valence-corrected chi connectivity index (χ1v) is 7.39. The first-order chi connectivity index (χ1) is 9.99. The van der Waals surface area contributed by atoms with E-state index in [-0.39, 0.29) is 17.2 Å². The highest BCUT2D eigenvalue weighted by Gasteiger charge is 2.37. The Hall–Kier alpha value is -1.59. The van der Waals surface area contributed by atoms with E-state index in [9.17, 15) is 9.59 Å². The Kier molecular flexibility index (Phi) is 4.85. The standard InChI is InChI=1S/C15H20ClN3O2/c1-18-14(21)10-3-4-11(16)12(7-10)19-13(20)8-15(9-17)5-2-6-15/h3-4,7H,2,5-6,8-9,17H2,1H3,(H,18,21)(H,19,20). The maximum atomic E-state index is 12.2. The van der Waals surface area contributed by atoms with Crippen LogP contribution in [-0.2, 0) is 4.79 Å². The van der Waals surface area contributed by atoms with Gasteiger partial charge in [0.1, 0.15) is 0 Å². The van der Waals surface area contributed by atoms with E-state index in [4.69, 9.17) is 17.3 Å². The van der Waals surface area contributed by atoms with E-state index >= 15 is 0 Å². The van der Waals surface area contributed by atoms with Crippen LogP contribution in [-0.4, -0.2) is 25.4 Å². The van der Waals surface area contributed by atoms with E-state index in [0.29, 0.717) is 29.2 Å². The molecule has 0 aliphatic heterocycles. The molecular weight excluding hydrogens is 290 g/mol. The number of hydrogen-bond donors (Lipinski definition) is 3. The molecule has 0 unspecified atom stereocenters. The summed E-state index contributed by atoms with van der Waals surface area (Å²) in [5.74, 6) is -0.337. The third kappa shape index (κ3) is 3.54. The molecule has 6 heteroatoms. The number of nitrogens with two attached hydrogens (primary N) is 1. The summed E-state index contributed by atoms with van der Waals surface area (Å²) in [5.41, 5.74) is 6.61. The summed E-state index contributed by atoms with van der Waals surface area (Å²) >= 11 is 6.07. The first-order valence-electron chi connectivity index (χ1n) is 7.01. The molecule has 114 valence electrons. The molecule has 1 aromatic carbocycles. The molecule has 5 nitrogen and oxygen atoms in total. The highest BCUT2D eigenvalue weighted by molar-refractivity contribution is 6.33. The predicted octanol–water partition coefficient (Wildman–Crippen LogP) is 2.16. The third-order valence-electron chi connectivity index (χ3n) is 4.11. The van der Waals surface area contributed by atoms with Crippen molar-refractivity contribution in [2.45, 2.75) is 25.7 Å². The highest BCUT2D eigenvalue weighted by atomic mass is 35.5. The van der Waals surface area contributed by atoms with Gasteiger partial charge in [0.2, 0.25) is 5.91 Å². The zero-order chi connectivity index (χ0) is 15.5. The van der Waals surface area contributed by atoms with E-state index < -0.39 is 0 Å². The van der Waals surface area contributed by atoms with Crippen LogP contribution >= 0.6 is 11.6 Å². The van der Waals surface area contributed by atoms with Gasteiger partial charge in [0, 0.05) is 19.0 Å². The molecule has 0 heterocycles. The fourth-order valence-corrected chi connectivity index (χ4v) is 2.74. The second-order valence-electron chi connectivity index (χ2n) is 5.56. The number of amides is 2. The number of carbonyl (C=O) groups excluding carboxylic acids is 2. The summed E-state index contributed by atoms with van der Waals surface area (Å²) in [5, 5.41) is 5.73. The molecule has 4 N–H and O–H groups in total. The lowest BCUT2D eigenvalue weighted by Crippen LogP contribution is -2.40. The second-order valence-corrected chi connectivity index (χ2v) is 5.96. The van der Waals surface area contributed by atoms with E-state index in [1.165, 1.54) is 0 Å². The number of carbonyl (C=O) groups is 2. The minimum absolute atomic E-state index is 0.0606. The van der Waals surface area contributed by atoms with Crippen molar-refractivity contribution in [2.75, 3.05) is 18.9 Å². The van der Waals surface area contributed by atoms with Gasteiger partial charge in [-0.25, -0.2) is 0 Å². The quantitative estimate of drug-likeness (QED) is 0.779. The number of benzene rings is 1. The van der Waals surface area contributed by atoms with E-state index in [2.05, 4.69) is 10.6 Å². The van der Waals surface area contributed by atoms with Crippen molar-refractivity contribution >= 4 is 29.1 Å². The van der Waals surface area contributed by atoms with Crippen molar-refractivity contribution in [3.05, 3.63) is 28.8 Å². The van der Waals surface area contributed by atoms with Crippen LogP contribution in [0.1, 0.15) is 36.0 Å². The Labute approximate surface area is 129 Å². The molecule has 1 aromatic rings. The molecule has 0 radical (unpaired) electrons. The molecule has 21 heavy (non-hydrogen) atoms. The van der Waals surface area contributed by atoms with Gasteiger partial charge in [-0.1, -0.05) is 18.0 Å². The number of anilines is 1. The minimum Gasteiger partial charge on any atom is -0.355 e. The van der Waals surface area contributed by atoms with Crippen molar-refractivity contribution in [1.29, 1.82) is 0 Å². The lowest BCUT2D eigenvalue weighted by molar-refractivity contribution is -0.119. The largest absolute Gasteiger partial charge is 0.355 e. The average Bonchev–Trinajstić information content (AvgIpc) is 2.44. The zero-order valence-electron chi connectivity index (χ0n) is 12.0. The minimum atomic E-state index is -0.223. The monoisotopic (exact) mass is 309 g/mol. The molecule has 0 atom stereocenters. The van der Waals surface area contributed by atoms with Gasteiger partial charge < -0.3 is 16.4 Å². The molecule has 0 spiro atoms. The number of hydrogen-bond acceptors (Lipinski definition) is 3. The maximum absolute atomic E-state index is 12.2. The second kappa shape index (κ2) is 6.45. The topological polar surface area (TPSA) is 84.2 Å². The SMILES string of the molecule is CNC(=O)c1ccc(Cl)c(NC(=O)CC2(CN)CCC2)c1. The molecule has 2 rings (SSSR count). The van der Waals surface area contributed by atoms with Crippen LogP contribution in [0.3, 0.4) is 0 Å². The predicted molar refractivity (Wildman–Crippen MR) is 83.4 cm³/mol. The molecule has 0 saturated heterocycles. The zero-order valence-corrected chi connectivity index (χ0v) is 12.8. The average molecular weight is 310 g/mol. The summed E-state index contributed by atoms with van der Waals surface area (Å²) < 4.78 is 0. The van der Waals surface area contributed by atoms with Gasteiger partial charge in [-0.15, -0.1) is 0 Å².